The number of nitrogens with zero attached hydrogens (tertiary/aromatic N) is 2. The van der Waals surface area contributed by atoms with Crippen LogP contribution in [-0.2, 0) is 4.79 Å². The molecular formula is C15H19ClN2O4. The Morgan fingerprint density at radius 2 is 2.23 bits per heavy atom. The molecule has 1 atom stereocenters. The van der Waals surface area contributed by atoms with Crippen LogP contribution in [0.5, 0.6) is 5.88 Å². The van der Waals surface area contributed by atoms with E-state index in [0.29, 0.717) is 24.0 Å². The van der Waals surface area contributed by atoms with Crippen molar-refractivity contribution in [2.45, 2.75) is 19.8 Å². The van der Waals surface area contributed by atoms with Gasteiger partial charge in [0.05, 0.1) is 18.1 Å². The van der Waals surface area contributed by atoms with E-state index in [1.165, 1.54) is 30.0 Å². The number of halogens is 1. The zero-order chi connectivity index (χ0) is 16.3. The van der Waals surface area contributed by atoms with E-state index in [9.17, 15) is 9.59 Å². The Morgan fingerprint density at radius 1 is 1.55 bits per heavy atom. The highest BCUT2D eigenvalue weighted by Crippen LogP contribution is 2.31. The Hall–Kier alpha value is -1.82. The number of carbonyl (C=O) groups excluding carboxylic acids is 1. The van der Waals surface area contributed by atoms with Gasteiger partial charge in [-0.2, -0.15) is 0 Å². The predicted octanol–water partition coefficient (Wildman–Crippen LogP) is 2.32. The van der Waals surface area contributed by atoms with Gasteiger partial charge >= 0.3 is 5.97 Å². The van der Waals surface area contributed by atoms with E-state index >= 15 is 0 Å². The van der Waals surface area contributed by atoms with Crippen molar-refractivity contribution in [3.8, 4) is 5.88 Å². The molecule has 1 aliphatic rings. The smallest absolute Gasteiger partial charge is 0.308 e. The average molecular weight is 327 g/mol. The first-order valence-corrected chi connectivity index (χ1v) is 7.53. The summed E-state index contributed by atoms with van der Waals surface area (Å²) in [5.74, 6) is -0.996. The monoisotopic (exact) mass is 326 g/mol. The number of hydrogen-bond acceptors (Lipinski definition) is 4. The van der Waals surface area contributed by atoms with Gasteiger partial charge in [0.25, 0.3) is 5.91 Å². The molecule has 0 aromatic carbocycles. The molecule has 6 nitrogen and oxygen atoms in total. The van der Waals surface area contributed by atoms with Gasteiger partial charge in [-0.05, 0) is 24.8 Å². The van der Waals surface area contributed by atoms with E-state index in [0.717, 1.165) is 0 Å². The second-order valence-corrected chi connectivity index (χ2v) is 6.10. The molecule has 1 fully saturated rings. The summed E-state index contributed by atoms with van der Waals surface area (Å²) in [6.45, 7) is 2.26. The van der Waals surface area contributed by atoms with Crippen molar-refractivity contribution in [3.63, 3.8) is 0 Å². The van der Waals surface area contributed by atoms with Crippen LogP contribution in [0.1, 0.15) is 30.1 Å². The van der Waals surface area contributed by atoms with Crippen LogP contribution in [0.3, 0.4) is 0 Å². The summed E-state index contributed by atoms with van der Waals surface area (Å²) in [7, 11) is 1.55. The fourth-order valence-electron chi connectivity index (χ4n) is 1.92. The SMILES string of the molecule is CC(CN(C)C(=O)c1cnc(OCC2CC2)c(Cl)c1)C(=O)O. The van der Waals surface area contributed by atoms with Crippen LogP contribution in [0.25, 0.3) is 0 Å². The maximum Gasteiger partial charge on any atom is 0.308 e. The van der Waals surface area contributed by atoms with Crippen molar-refractivity contribution in [1.29, 1.82) is 0 Å². The van der Waals surface area contributed by atoms with Gasteiger partial charge in [-0.1, -0.05) is 18.5 Å². The first kappa shape index (κ1) is 16.5. The highest BCUT2D eigenvalue weighted by Gasteiger charge is 2.23. The largest absolute Gasteiger partial charge is 0.481 e. The molecule has 1 amide bonds. The first-order valence-electron chi connectivity index (χ1n) is 7.15. The van der Waals surface area contributed by atoms with Crippen LogP contribution < -0.4 is 4.74 Å². The summed E-state index contributed by atoms with van der Waals surface area (Å²) < 4.78 is 5.51. The van der Waals surface area contributed by atoms with E-state index < -0.39 is 11.9 Å². The van der Waals surface area contributed by atoms with Gasteiger partial charge in [-0.3, -0.25) is 9.59 Å². The summed E-state index contributed by atoms with van der Waals surface area (Å²) in [6, 6.07) is 1.50. The van der Waals surface area contributed by atoms with Crippen LogP contribution in [0, 0.1) is 11.8 Å². The zero-order valence-electron chi connectivity index (χ0n) is 12.6. The van der Waals surface area contributed by atoms with Crippen molar-refractivity contribution in [2.75, 3.05) is 20.2 Å². The molecule has 1 saturated carbocycles. The van der Waals surface area contributed by atoms with E-state index in [4.69, 9.17) is 21.4 Å². The minimum Gasteiger partial charge on any atom is -0.481 e. The van der Waals surface area contributed by atoms with Gasteiger partial charge in [0.15, 0.2) is 0 Å². The van der Waals surface area contributed by atoms with Crippen molar-refractivity contribution in [3.05, 3.63) is 22.8 Å². The number of aromatic nitrogens is 1. The van der Waals surface area contributed by atoms with Crippen LogP contribution in [0.4, 0.5) is 0 Å². The predicted molar refractivity (Wildman–Crippen MR) is 81.2 cm³/mol. The minimum atomic E-state index is -0.945. The normalized spacial score (nSPS) is 15.2. The van der Waals surface area contributed by atoms with E-state index in [-0.39, 0.29) is 17.5 Å². The van der Waals surface area contributed by atoms with Crippen molar-refractivity contribution in [1.82, 2.24) is 9.88 Å². The molecule has 1 aromatic rings. The molecule has 1 N–H and O–H groups in total. The summed E-state index contributed by atoms with van der Waals surface area (Å²) in [6.07, 6.45) is 3.74. The van der Waals surface area contributed by atoms with Crippen LogP contribution in [0.2, 0.25) is 5.02 Å². The van der Waals surface area contributed by atoms with E-state index in [2.05, 4.69) is 4.98 Å². The lowest BCUT2D eigenvalue weighted by atomic mass is 10.1. The number of ether oxygens (including phenoxy) is 1. The first-order chi connectivity index (χ1) is 10.4. The second kappa shape index (κ2) is 6.96. The number of carboxylic acid groups (broad SMARTS) is 1. The van der Waals surface area contributed by atoms with Crippen LogP contribution in [0.15, 0.2) is 12.3 Å². The van der Waals surface area contributed by atoms with Gasteiger partial charge in [-0.15, -0.1) is 0 Å². The fraction of sp³-hybridized carbons (Fsp3) is 0.533. The molecule has 0 radical (unpaired) electrons. The lowest BCUT2D eigenvalue weighted by Gasteiger charge is -2.19. The third kappa shape index (κ3) is 4.34. The number of amides is 1. The van der Waals surface area contributed by atoms with E-state index in [1.54, 1.807) is 14.0 Å². The molecule has 0 bridgehead atoms. The van der Waals surface area contributed by atoms with Crippen LogP contribution in [-0.4, -0.2) is 47.1 Å². The van der Waals surface area contributed by atoms with Gasteiger partial charge < -0.3 is 14.7 Å². The maximum atomic E-state index is 12.2. The molecule has 2 rings (SSSR count). The molecule has 1 heterocycles. The Morgan fingerprint density at radius 3 is 2.77 bits per heavy atom. The third-order valence-corrected chi connectivity index (χ3v) is 3.79. The lowest BCUT2D eigenvalue weighted by molar-refractivity contribution is -0.141. The molecular weight excluding hydrogens is 308 g/mol. The van der Waals surface area contributed by atoms with E-state index in [1.807, 2.05) is 0 Å². The molecule has 0 aliphatic heterocycles. The van der Waals surface area contributed by atoms with Crippen LogP contribution >= 0.6 is 11.6 Å². The Balaban J connectivity index is 1.99. The molecule has 1 aliphatic carbocycles. The van der Waals surface area contributed by atoms with Crippen molar-refractivity contribution >= 4 is 23.5 Å². The number of hydrogen-bond donors (Lipinski definition) is 1. The summed E-state index contributed by atoms with van der Waals surface area (Å²) in [5.41, 5.74) is 0.309. The van der Waals surface area contributed by atoms with Gasteiger partial charge in [0, 0.05) is 19.8 Å². The second-order valence-electron chi connectivity index (χ2n) is 5.69. The zero-order valence-corrected chi connectivity index (χ0v) is 13.3. The maximum absolute atomic E-state index is 12.2. The number of carboxylic acids is 1. The quantitative estimate of drug-likeness (QED) is 0.831. The highest BCUT2D eigenvalue weighted by atomic mass is 35.5. The summed E-state index contributed by atoms with van der Waals surface area (Å²) in [4.78, 5) is 28.5. The average Bonchev–Trinajstić information content (AvgIpc) is 3.29. The molecule has 7 heteroatoms. The molecule has 1 aromatic heterocycles. The Kier molecular flexibility index (Phi) is 5.24. The summed E-state index contributed by atoms with van der Waals surface area (Å²) >= 11 is 6.09. The highest BCUT2D eigenvalue weighted by molar-refractivity contribution is 6.32. The number of rotatable bonds is 7. The molecule has 22 heavy (non-hydrogen) atoms. The third-order valence-electron chi connectivity index (χ3n) is 3.52. The topological polar surface area (TPSA) is 79.7 Å². The van der Waals surface area contributed by atoms with Crippen molar-refractivity contribution in [2.24, 2.45) is 11.8 Å². The van der Waals surface area contributed by atoms with Gasteiger partial charge in [-0.25, -0.2) is 4.98 Å². The Labute approximate surface area is 134 Å². The van der Waals surface area contributed by atoms with Gasteiger partial charge in [0.1, 0.15) is 5.02 Å². The number of carbonyl (C=O) groups is 2. The number of aliphatic carboxylic acids is 1. The standard InChI is InChI=1S/C15H19ClN2O4/c1-9(15(20)21)7-18(2)14(19)11-5-12(16)13(17-6-11)22-8-10-3-4-10/h5-6,9-10H,3-4,7-8H2,1-2H3,(H,20,21). The summed E-state index contributed by atoms with van der Waals surface area (Å²) in [5, 5.41) is 9.17. The van der Waals surface area contributed by atoms with Crippen molar-refractivity contribution < 1.29 is 19.4 Å². The molecule has 120 valence electrons. The molecule has 0 spiro atoms. The molecule has 0 saturated heterocycles. The minimum absolute atomic E-state index is 0.117. The fourth-order valence-corrected chi connectivity index (χ4v) is 2.14. The molecule has 1 unspecified atom stereocenters. The lowest BCUT2D eigenvalue weighted by Crippen LogP contribution is -2.33. The Bertz CT molecular complexity index is 575. The van der Waals surface area contributed by atoms with Gasteiger partial charge in [0.2, 0.25) is 5.88 Å². The number of pyridine rings is 1.